The van der Waals surface area contributed by atoms with Crippen LogP contribution in [0.3, 0.4) is 0 Å². The molecule has 3 heteroatoms. The molecule has 0 heterocycles. The topological polar surface area (TPSA) is 32.3 Å². The van der Waals surface area contributed by atoms with E-state index in [1.165, 1.54) is 0 Å². The fourth-order valence-corrected chi connectivity index (χ4v) is 0.774. The number of hydrogen-bond donors (Lipinski definition) is 1. The summed E-state index contributed by atoms with van der Waals surface area (Å²) in [4.78, 5) is 12.9. The molecule has 1 atom stereocenters. The molecule has 0 spiro atoms. The first-order valence-corrected chi connectivity index (χ1v) is 4.24. The van der Waals surface area contributed by atoms with Gasteiger partial charge in [-0.25, -0.2) is 4.79 Å². The van der Waals surface area contributed by atoms with Crippen LogP contribution < -0.4 is 5.32 Å². The van der Waals surface area contributed by atoms with Crippen molar-refractivity contribution in [2.24, 2.45) is 0 Å². The summed E-state index contributed by atoms with van der Waals surface area (Å²) in [6.07, 6.45) is 2.61. The van der Waals surface area contributed by atoms with E-state index in [0.29, 0.717) is 0 Å². The van der Waals surface area contributed by atoms with Crippen LogP contribution in [0.1, 0.15) is 20.3 Å². The zero-order valence-electron chi connectivity index (χ0n) is 8.13. The molecule has 0 rings (SSSR count). The van der Waals surface area contributed by atoms with Gasteiger partial charge in [0.15, 0.2) is 0 Å². The number of hydrogen-bond acceptors (Lipinski definition) is 1. The van der Waals surface area contributed by atoms with E-state index in [9.17, 15) is 4.79 Å². The molecule has 0 aromatic rings. The normalized spacial score (nSPS) is 11.9. The zero-order chi connectivity index (χ0) is 9.56. The molecule has 0 bridgehead atoms. The summed E-state index contributed by atoms with van der Waals surface area (Å²) >= 11 is 0. The van der Waals surface area contributed by atoms with Crippen molar-refractivity contribution in [3.8, 4) is 0 Å². The standard InChI is InChI=1S/C9H18N2O/c1-5-7-8(3)10-9(12)11(4)6-2/h5,8H,1,6-7H2,2-4H3,(H,10,12). The summed E-state index contributed by atoms with van der Waals surface area (Å²) in [6, 6.07) is 0.149. The molecule has 0 aliphatic rings. The maximum absolute atomic E-state index is 11.2. The number of amides is 2. The van der Waals surface area contributed by atoms with E-state index in [2.05, 4.69) is 11.9 Å². The Kier molecular flexibility index (Phi) is 5.17. The first-order chi connectivity index (χ1) is 5.61. The van der Waals surface area contributed by atoms with Crippen molar-refractivity contribution < 1.29 is 4.79 Å². The lowest BCUT2D eigenvalue weighted by Crippen LogP contribution is -2.41. The molecule has 3 nitrogen and oxygen atoms in total. The average molecular weight is 170 g/mol. The van der Waals surface area contributed by atoms with Crippen LogP contribution in [0.5, 0.6) is 0 Å². The summed E-state index contributed by atoms with van der Waals surface area (Å²) < 4.78 is 0. The molecular formula is C9H18N2O. The SMILES string of the molecule is C=CCC(C)NC(=O)N(C)CC. The second-order valence-electron chi connectivity index (χ2n) is 2.89. The number of rotatable bonds is 4. The van der Waals surface area contributed by atoms with Crippen LogP contribution in [0.4, 0.5) is 4.79 Å². The van der Waals surface area contributed by atoms with Crippen LogP contribution in [0.15, 0.2) is 12.7 Å². The van der Waals surface area contributed by atoms with Crippen molar-refractivity contribution >= 4 is 6.03 Å². The van der Waals surface area contributed by atoms with Crippen molar-refractivity contribution in [2.45, 2.75) is 26.3 Å². The number of nitrogens with zero attached hydrogens (tertiary/aromatic N) is 1. The van der Waals surface area contributed by atoms with E-state index in [1.54, 1.807) is 18.0 Å². The smallest absolute Gasteiger partial charge is 0.317 e. The van der Waals surface area contributed by atoms with Crippen LogP contribution in [0, 0.1) is 0 Å². The predicted octanol–water partition coefficient (Wildman–Crippen LogP) is 1.61. The molecule has 0 aromatic heterocycles. The lowest BCUT2D eigenvalue weighted by atomic mass is 10.2. The molecule has 0 aliphatic heterocycles. The highest BCUT2D eigenvalue weighted by Gasteiger charge is 2.08. The molecule has 0 fully saturated rings. The second-order valence-corrected chi connectivity index (χ2v) is 2.89. The Balaban J connectivity index is 3.75. The predicted molar refractivity (Wildman–Crippen MR) is 51.1 cm³/mol. The molecule has 0 saturated carbocycles. The van der Waals surface area contributed by atoms with Gasteiger partial charge >= 0.3 is 6.03 Å². The number of carbonyl (C=O) groups is 1. The Morgan fingerprint density at radius 3 is 2.75 bits per heavy atom. The molecule has 1 N–H and O–H groups in total. The number of nitrogens with one attached hydrogen (secondary N) is 1. The zero-order valence-corrected chi connectivity index (χ0v) is 8.13. The van der Waals surface area contributed by atoms with E-state index in [4.69, 9.17) is 0 Å². The van der Waals surface area contributed by atoms with Gasteiger partial charge in [-0.1, -0.05) is 6.08 Å². The number of urea groups is 1. The molecule has 0 aliphatic carbocycles. The first kappa shape index (κ1) is 11.0. The van der Waals surface area contributed by atoms with Crippen LogP contribution in [0.2, 0.25) is 0 Å². The van der Waals surface area contributed by atoms with Crippen LogP contribution in [-0.4, -0.2) is 30.6 Å². The van der Waals surface area contributed by atoms with Gasteiger partial charge in [0.25, 0.3) is 0 Å². The summed E-state index contributed by atoms with van der Waals surface area (Å²) in [5.41, 5.74) is 0. The Morgan fingerprint density at radius 1 is 1.75 bits per heavy atom. The lowest BCUT2D eigenvalue weighted by molar-refractivity contribution is 0.207. The van der Waals surface area contributed by atoms with E-state index in [-0.39, 0.29) is 12.1 Å². The maximum Gasteiger partial charge on any atom is 0.317 e. The molecule has 70 valence electrons. The van der Waals surface area contributed by atoms with E-state index in [0.717, 1.165) is 13.0 Å². The molecule has 0 saturated heterocycles. The highest BCUT2D eigenvalue weighted by molar-refractivity contribution is 5.74. The minimum absolute atomic E-state index is 0.0214. The fourth-order valence-electron chi connectivity index (χ4n) is 0.774. The van der Waals surface area contributed by atoms with E-state index in [1.807, 2.05) is 13.8 Å². The quantitative estimate of drug-likeness (QED) is 0.639. The van der Waals surface area contributed by atoms with Gasteiger partial charge in [0.2, 0.25) is 0 Å². The Bertz CT molecular complexity index is 157. The fraction of sp³-hybridized carbons (Fsp3) is 0.667. The summed E-state index contributed by atoms with van der Waals surface area (Å²) in [7, 11) is 1.77. The first-order valence-electron chi connectivity index (χ1n) is 4.24. The summed E-state index contributed by atoms with van der Waals surface area (Å²) in [6.45, 7) is 8.24. The Morgan fingerprint density at radius 2 is 2.33 bits per heavy atom. The highest BCUT2D eigenvalue weighted by Crippen LogP contribution is 1.92. The molecular weight excluding hydrogens is 152 g/mol. The third-order valence-corrected chi connectivity index (χ3v) is 1.71. The molecule has 2 amide bonds. The third-order valence-electron chi connectivity index (χ3n) is 1.71. The third kappa shape index (κ3) is 4.01. The molecule has 12 heavy (non-hydrogen) atoms. The van der Waals surface area contributed by atoms with Gasteiger partial charge in [0.1, 0.15) is 0 Å². The second kappa shape index (κ2) is 5.63. The van der Waals surface area contributed by atoms with Crippen molar-refractivity contribution in [3.05, 3.63) is 12.7 Å². The minimum Gasteiger partial charge on any atom is -0.335 e. The van der Waals surface area contributed by atoms with Gasteiger partial charge in [0.05, 0.1) is 0 Å². The highest BCUT2D eigenvalue weighted by atomic mass is 16.2. The largest absolute Gasteiger partial charge is 0.335 e. The molecule has 0 aromatic carbocycles. The minimum atomic E-state index is -0.0214. The summed E-state index contributed by atoms with van der Waals surface area (Å²) in [5, 5.41) is 2.85. The molecule has 1 unspecified atom stereocenters. The van der Waals surface area contributed by atoms with Gasteiger partial charge in [-0.2, -0.15) is 0 Å². The summed E-state index contributed by atoms with van der Waals surface area (Å²) in [5.74, 6) is 0. The Labute approximate surface area is 74.4 Å². The van der Waals surface area contributed by atoms with Crippen LogP contribution in [0.25, 0.3) is 0 Å². The van der Waals surface area contributed by atoms with Crippen molar-refractivity contribution in [1.29, 1.82) is 0 Å². The van der Waals surface area contributed by atoms with Gasteiger partial charge in [-0.15, -0.1) is 6.58 Å². The van der Waals surface area contributed by atoms with E-state index < -0.39 is 0 Å². The van der Waals surface area contributed by atoms with Gasteiger partial charge in [-0.3, -0.25) is 0 Å². The van der Waals surface area contributed by atoms with Gasteiger partial charge < -0.3 is 10.2 Å². The van der Waals surface area contributed by atoms with Gasteiger partial charge in [0, 0.05) is 19.6 Å². The monoisotopic (exact) mass is 170 g/mol. The van der Waals surface area contributed by atoms with Crippen molar-refractivity contribution in [2.75, 3.05) is 13.6 Å². The lowest BCUT2D eigenvalue weighted by Gasteiger charge is -2.18. The van der Waals surface area contributed by atoms with Gasteiger partial charge in [-0.05, 0) is 20.3 Å². The van der Waals surface area contributed by atoms with Crippen LogP contribution >= 0.6 is 0 Å². The van der Waals surface area contributed by atoms with Crippen molar-refractivity contribution in [3.63, 3.8) is 0 Å². The Hall–Kier alpha value is -0.990. The van der Waals surface area contributed by atoms with E-state index >= 15 is 0 Å². The molecule has 0 radical (unpaired) electrons. The average Bonchev–Trinajstić information content (AvgIpc) is 2.03. The number of carbonyl (C=O) groups excluding carboxylic acids is 1. The van der Waals surface area contributed by atoms with Crippen LogP contribution in [-0.2, 0) is 0 Å². The maximum atomic E-state index is 11.2. The van der Waals surface area contributed by atoms with Crippen molar-refractivity contribution in [1.82, 2.24) is 10.2 Å².